The molecule has 2 aliphatic rings. The number of nitrogens with one attached hydrogen (secondary N) is 1. The maximum Gasteiger partial charge on any atom is 0.337 e. The van der Waals surface area contributed by atoms with E-state index in [4.69, 9.17) is 9.72 Å². The van der Waals surface area contributed by atoms with Gasteiger partial charge in [0.15, 0.2) is 0 Å². The molecule has 2 aromatic carbocycles. The Bertz CT molecular complexity index is 1320. The molecule has 8 heteroatoms. The average Bonchev–Trinajstić information content (AvgIpc) is 3.13. The van der Waals surface area contributed by atoms with E-state index < -0.39 is 17.9 Å². The summed E-state index contributed by atoms with van der Waals surface area (Å²) in [6, 6.07) is 13.8. The molecule has 0 saturated carbocycles. The third-order valence-electron chi connectivity index (χ3n) is 5.93. The van der Waals surface area contributed by atoms with Crippen molar-refractivity contribution in [3.05, 3.63) is 65.2 Å². The number of hydrogen-bond donors (Lipinski definition) is 1. The van der Waals surface area contributed by atoms with Crippen molar-refractivity contribution in [2.24, 2.45) is 0 Å². The highest BCUT2D eigenvalue weighted by Crippen LogP contribution is 2.31. The quantitative estimate of drug-likeness (QED) is 0.506. The van der Waals surface area contributed by atoms with Crippen molar-refractivity contribution in [1.82, 2.24) is 15.2 Å². The maximum atomic E-state index is 12.9. The Balaban J connectivity index is 1.43. The molecule has 0 radical (unpaired) electrons. The molecule has 1 N–H and O–H groups in total. The lowest BCUT2D eigenvalue weighted by Gasteiger charge is -2.29. The van der Waals surface area contributed by atoms with Gasteiger partial charge in [-0.2, -0.15) is 0 Å². The molecule has 32 heavy (non-hydrogen) atoms. The predicted molar refractivity (Wildman–Crippen MR) is 115 cm³/mol. The summed E-state index contributed by atoms with van der Waals surface area (Å²) in [5.41, 5.74) is 4.15. The zero-order valence-electron chi connectivity index (χ0n) is 17.3. The maximum absolute atomic E-state index is 12.9. The molecule has 1 fully saturated rings. The number of aromatic nitrogens is 1. The Morgan fingerprint density at radius 3 is 2.72 bits per heavy atom. The number of rotatable bonds is 3. The van der Waals surface area contributed by atoms with Gasteiger partial charge in [-0.25, -0.2) is 9.78 Å². The molecule has 5 rings (SSSR count). The zero-order chi connectivity index (χ0) is 22.4. The minimum atomic E-state index is -0.640. The lowest BCUT2D eigenvalue weighted by molar-refractivity contribution is -0.136. The first kappa shape index (κ1) is 19.9. The second kappa shape index (κ2) is 7.56. The fraction of sp³-hybridized carbons (Fsp3) is 0.208. The van der Waals surface area contributed by atoms with Gasteiger partial charge in [0.1, 0.15) is 6.04 Å². The van der Waals surface area contributed by atoms with Crippen LogP contribution in [0.2, 0.25) is 0 Å². The number of piperidine rings is 1. The van der Waals surface area contributed by atoms with Crippen LogP contribution in [-0.4, -0.2) is 46.7 Å². The lowest BCUT2D eigenvalue weighted by atomic mass is 10.0. The lowest BCUT2D eigenvalue weighted by Crippen LogP contribution is -2.52. The Hall–Kier alpha value is -4.07. The summed E-state index contributed by atoms with van der Waals surface area (Å²) < 4.78 is 4.76. The molecule has 8 nitrogen and oxygen atoms in total. The number of methoxy groups -OCH3 is 1. The number of imide groups is 1. The molecule has 3 amide bonds. The van der Waals surface area contributed by atoms with E-state index in [0.29, 0.717) is 24.1 Å². The number of pyridine rings is 1. The number of nitrogens with zero attached hydrogens (tertiary/aromatic N) is 2. The molecule has 1 saturated heterocycles. The van der Waals surface area contributed by atoms with Gasteiger partial charge in [0.2, 0.25) is 11.8 Å². The monoisotopic (exact) mass is 429 g/mol. The molecular formula is C24H19N3O5. The Labute approximate surface area is 183 Å². The van der Waals surface area contributed by atoms with E-state index in [-0.39, 0.29) is 18.2 Å². The van der Waals surface area contributed by atoms with E-state index in [1.54, 1.807) is 24.3 Å². The van der Waals surface area contributed by atoms with Gasteiger partial charge in [-0.15, -0.1) is 0 Å². The van der Waals surface area contributed by atoms with Crippen LogP contribution in [0, 0.1) is 0 Å². The number of carbonyl (C=O) groups is 4. The number of ether oxygens (including phenoxy) is 1. The summed E-state index contributed by atoms with van der Waals surface area (Å²) in [6.07, 6.45) is 0.553. The summed E-state index contributed by atoms with van der Waals surface area (Å²) in [7, 11) is 1.34. The first-order chi connectivity index (χ1) is 15.4. The van der Waals surface area contributed by atoms with E-state index >= 15 is 0 Å². The molecule has 0 bridgehead atoms. The van der Waals surface area contributed by atoms with Gasteiger partial charge >= 0.3 is 5.97 Å². The molecule has 1 unspecified atom stereocenters. The molecule has 160 valence electrons. The minimum Gasteiger partial charge on any atom is -0.465 e. The number of amides is 3. The zero-order valence-corrected chi connectivity index (χ0v) is 17.3. The van der Waals surface area contributed by atoms with Crippen LogP contribution >= 0.6 is 0 Å². The largest absolute Gasteiger partial charge is 0.465 e. The highest BCUT2D eigenvalue weighted by Gasteiger charge is 2.39. The van der Waals surface area contributed by atoms with Crippen LogP contribution < -0.4 is 5.32 Å². The van der Waals surface area contributed by atoms with Gasteiger partial charge in [0, 0.05) is 29.5 Å². The number of hydrogen-bond acceptors (Lipinski definition) is 6. The van der Waals surface area contributed by atoms with Crippen LogP contribution in [-0.2, 0) is 20.9 Å². The first-order valence-electron chi connectivity index (χ1n) is 10.2. The fourth-order valence-corrected chi connectivity index (χ4v) is 4.26. The average molecular weight is 429 g/mol. The van der Waals surface area contributed by atoms with Crippen molar-refractivity contribution in [2.45, 2.75) is 25.4 Å². The van der Waals surface area contributed by atoms with Crippen LogP contribution in [0.25, 0.3) is 22.2 Å². The fourth-order valence-electron chi connectivity index (χ4n) is 4.26. The highest BCUT2D eigenvalue weighted by molar-refractivity contribution is 6.05. The molecule has 1 atom stereocenters. The Morgan fingerprint density at radius 1 is 1.09 bits per heavy atom. The summed E-state index contributed by atoms with van der Waals surface area (Å²) in [6.45, 7) is 0.310. The highest BCUT2D eigenvalue weighted by atomic mass is 16.5. The summed E-state index contributed by atoms with van der Waals surface area (Å²) >= 11 is 0. The van der Waals surface area contributed by atoms with Crippen molar-refractivity contribution in [3.63, 3.8) is 0 Å². The molecule has 3 aromatic rings. The van der Waals surface area contributed by atoms with Crippen molar-refractivity contribution in [2.75, 3.05) is 7.11 Å². The van der Waals surface area contributed by atoms with E-state index in [9.17, 15) is 19.2 Å². The van der Waals surface area contributed by atoms with E-state index in [2.05, 4.69) is 5.32 Å². The van der Waals surface area contributed by atoms with Gasteiger partial charge in [0.05, 0.1) is 23.9 Å². The van der Waals surface area contributed by atoms with E-state index in [1.165, 1.54) is 12.0 Å². The topological polar surface area (TPSA) is 106 Å². The summed E-state index contributed by atoms with van der Waals surface area (Å²) in [4.78, 5) is 54.5. The predicted octanol–water partition coefficient (Wildman–Crippen LogP) is 2.45. The number of esters is 1. The Morgan fingerprint density at radius 2 is 1.94 bits per heavy atom. The smallest absolute Gasteiger partial charge is 0.337 e. The van der Waals surface area contributed by atoms with Crippen LogP contribution in [0.3, 0.4) is 0 Å². The molecule has 3 heterocycles. The van der Waals surface area contributed by atoms with Gasteiger partial charge in [-0.05, 0) is 48.4 Å². The standard InChI is InChI=1S/C24H19N3O5/c1-32-24(31)15-4-7-19-14(10-15)3-6-18(25-19)13-2-5-17-16(11-13)12-27(23(17)30)20-8-9-21(28)26-22(20)29/h2-7,10-11,20H,8-9,12H2,1H3,(H,26,28,29). The molecule has 0 aliphatic carbocycles. The van der Waals surface area contributed by atoms with Crippen molar-refractivity contribution in [1.29, 1.82) is 0 Å². The van der Waals surface area contributed by atoms with E-state index in [1.807, 2.05) is 24.3 Å². The van der Waals surface area contributed by atoms with Gasteiger partial charge in [-0.3, -0.25) is 19.7 Å². The normalized spacial score (nSPS) is 18.0. The number of benzene rings is 2. The third kappa shape index (κ3) is 3.30. The van der Waals surface area contributed by atoms with Gasteiger partial charge < -0.3 is 9.64 Å². The Kier molecular flexibility index (Phi) is 4.70. The minimum absolute atomic E-state index is 0.206. The van der Waals surface area contributed by atoms with Gasteiger partial charge in [-0.1, -0.05) is 12.1 Å². The second-order valence-electron chi connectivity index (χ2n) is 7.87. The third-order valence-corrected chi connectivity index (χ3v) is 5.93. The van der Waals surface area contributed by atoms with Crippen molar-refractivity contribution >= 4 is 34.6 Å². The second-order valence-corrected chi connectivity index (χ2v) is 7.87. The van der Waals surface area contributed by atoms with Crippen LogP contribution in [0.1, 0.15) is 39.1 Å². The van der Waals surface area contributed by atoms with Crippen LogP contribution in [0.5, 0.6) is 0 Å². The van der Waals surface area contributed by atoms with Crippen molar-refractivity contribution < 1.29 is 23.9 Å². The van der Waals surface area contributed by atoms with E-state index in [0.717, 1.165) is 27.7 Å². The summed E-state index contributed by atoms with van der Waals surface area (Å²) in [5.74, 6) is -1.34. The number of fused-ring (bicyclic) bond motifs is 2. The SMILES string of the molecule is COC(=O)c1ccc2nc(-c3ccc4c(c3)CN(C3CCC(=O)NC3=O)C4=O)ccc2c1. The summed E-state index contributed by atoms with van der Waals surface area (Å²) in [5, 5.41) is 3.13. The van der Waals surface area contributed by atoms with Crippen LogP contribution in [0.15, 0.2) is 48.5 Å². The van der Waals surface area contributed by atoms with Crippen molar-refractivity contribution in [3.8, 4) is 11.3 Å². The first-order valence-corrected chi connectivity index (χ1v) is 10.2. The molecular weight excluding hydrogens is 410 g/mol. The molecule has 0 spiro atoms. The molecule has 1 aromatic heterocycles. The van der Waals surface area contributed by atoms with Crippen LogP contribution in [0.4, 0.5) is 0 Å². The number of carbonyl (C=O) groups excluding carboxylic acids is 4. The van der Waals surface area contributed by atoms with Gasteiger partial charge in [0.25, 0.3) is 5.91 Å². The molecule has 2 aliphatic heterocycles.